The molecule has 190 valence electrons. The minimum Gasteiger partial charge on any atom is -0.491 e. The lowest BCUT2D eigenvalue weighted by Crippen LogP contribution is -2.11. The van der Waals surface area contributed by atoms with Gasteiger partial charge in [-0.1, -0.05) is 47.6 Å². The lowest BCUT2D eigenvalue weighted by Gasteiger charge is -2.12. The van der Waals surface area contributed by atoms with Gasteiger partial charge in [0.25, 0.3) is 0 Å². The number of benzene rings is 3. The normalized spacial score (nSPS) is 10.7. The number of ether oxygens (including phenoxy) is 4. The molecule has 0 spiro atoms. The van der Waals surface area contributed by atoms with Crippen LogP contribution >= 0.6 is 0 Å². The molecule has 3 aromatic carbocycles. The zero-order chi connectivity index (χ0) is 25.7. The van der Waals surface area contributed by atoms with E-state index in [1.165, 1.54) is 0 Å². The summed E-state index contributed by atoms with van der Waals surface area (Å²) in [6.07, 6.45) is 0. The average Bonchev–Trinajstić information content (AvgIpc) is 2.94. The fourth-order valence-electron chi connectivity index (χ4n) is 3.57. The molecule has 0 amide bonds. The average molecular weight is 502 g/mol. The molecule has 0 aliphatic carbocycles. The number of para-hydroxylation sites is 1. The van der Waals surface area contributed by atoms with Crippen molar-refractivity contribution >= 4 is 11.0 Å². The Bertz CT molecular complexity index is 1380. The second kappa shape index (κ2) is 13.7. The molecule has 0 saturated heterocycles. The minimum atomic E-state index is -0.216. The van der Waals surface area contributed by atoms with Crippen molar-refractivity contribution in [2.45, 2.75) is 6.61 Å². The first-order chi connectivity index (χ1) is 18.3. The van der Waals surface area contributed by atoms with Crippen molar-refractivity contribution in [3.05, 3.63) is 105 Å². The SMILES string of the molecule is [N-]=[N+]=NCCOCCOCCOc1ccc(-c2oc3ccccc3c(=O)c2OCc2ccccc2)cc1. The lowest BCUT2D eigenvalue weighted by molar-refractivity contribution is 0.0388. The van der Waals surface area contributed by atoms with Crippen LogP contribution in [0.3, 0.4) is 0 Å². The summed E-state index contributed by atoms with van der Waals surface area (Å²) in [6, 6.07) is 24.1. The molecule has 4 rings (SSSR count). The maximum absolute atomic E-state index is 13.3. The Morgan fingerprint density at radius 1 is 0.784 bits per heavy atom. The number of hydrogen-bond acceptors (Lipinski definition) is 7. The van der Waals surface area contributed by atoms with Crippen molar-refractivity contribution in [3.63, 3.8) is 0 Å². The molecule has 0 aliphatic heterocycles. The van der Waals surface area contributed by atoms with Gasteiger partial charge in [0.2, 0.25) is 11.2 Å². The van der Waals surface area contributed by atoms with Crippen LogP contribution in [0.15, 0.2) is 93.2 Å². The zero-order valence-corrected chi connectivity index (χ0v) is 20.2. The van der Waals surface area contributed by atoms with Gasteiger partial charge in [-0.25, -0.2) is 0 Å². The van der Waals surface area contributed by atoms with Gasteiger partial charge in [0.1, 0.15) is 24.5 Å². The van der Waals surface area contributed by atoms with Crippen molar-refractivity contribution in [1.29, 1.82) is 0 Å². The van der Waals surface area contributed by atoms with Crippen LogP contribution in [0.25, 0.3) is 32.7 Å². The fraction of sp³-hybridized carbons (Fsp3) is 0.250. The van der Waals surface area contributed by atoms with Crippen LogP contribution in [-0.2, 0) is 16.1 Å². The summed E-state index contributed by atoms with van der Waals surface area (Å²) in [4.78, 5) is 15.9. The summed E-state index contributed by atoms with van der Waals surface area (Å²) in [5.41, 5.74) is 10.1. The Morgan fingerprint density at radius 3 is 2.27 bits per heavy atom. The number of nitrogens with zero attached hydrogens (tertiary/aromatic N) is 3. The summed E-state index contributed by atoms with van der Waals surface area (Å²) in [5, 5.41) is 3.86. The molecule has 9 heteroatoms. The molecule has 0 radical (unpaired) electrons. The van der Waals surface area contributed by atoms with Crippen molar-refractivity contribution in [2.75, 3.05) is 39.6 Å². The quantitative estimate of drug-likeness (QED) is 0.0938. The number of hydrogen-bond donors (Lipinski definition) is 0. The Balaban J connectivity index is 1.39. The van der Waals surface area contributed by atoms with Gasteiger partial charge in [0.05, 0.1) is 31.8 Å². The molecule has 0 N–H and O–H groups in total. The molecule has 9 nitrogen and oxygen atoms in total. The van der Waals surface area contributed by atoms with Gasteiger partial charge in [-0.15, -0.1) is 0 Å². The standard InChI is InChI=1S/C28H27N3O6/c29-31-30-14-15-33-16-17-34-18-19-35-23-12-10-22(11-13-23)27-28(36-20-21-6-2-1-3-7-21)26(32)24-8-4-5-9-25(24)37-27/h1-13H,14-20H2. The maximum atomic E-state index is 13.3. The van der Waals surface area contributed by atoms with Gasteiger partial charge in [-0.2, -0.15) is 0 Å². The molecule has 1 heterocycles. The number of rotatable bonds is 14. The van der Waals surface area contributed by atoms with E-state index >= 15 is 0 Å². The molecule has 0 atom stereocenters. The van der Waals surface area contributed by atoms with Crippen LogP contribution < -0.4 is 14.9 Å². The van der Waals surface area contributed by atoms with E-state index in [2.05, 4.69) is 10.0 Å². The van der Waals surface area contributed by atoms with Gasteiger partial charge in [-0.05, 0) is 47.5 Å². The van der Waals surface area contributed by atoms with E-state index in [1.807, 2.05) is 60.7 Å². The minimum absolute atomic E-state index is 0.172. The van der Waals surface area contributed by atoms with Crippen molar-refractivity contribution in [3.8, 4) is 22.8 Å². The Kier molecular flexibility index (Phi) is 9.55. The van der Waals surface area contributed by atoms with Crippen molar-refractivity contribution in [1.82, 2.24) is 0 Å². The fourth-order valence-corrected chi connectivity index (χ4v) is 3.57. The molecular formula is C28H27N3O6. The monoisotopic (exact) mass is 501 g/mol. The van der Waals surface area contributed by atoms with Crippen LogP contribution in [0, 0.1) is 0 Å². The summed E-state index contributed by atoms with van der Waals surface area (Å²) in [7, 11) is 0. The van der Waals surface area contributed by atoms with E-state index in [0.717, 1.165) is 5.56 Å². The van der Waals surface area contributed by atoms with Crippen LogP contribution in [0.4, 0.5) is 0 Å². The summed E-state index contributed by atoms with van der Waals surface area (Å²) in [5.74, 6) is 1.20. The molecule has 0 unspecified atom stereocenters. The van der Waals surface area contributed by atoms with Gasteiger partial charge < -0.3 is 23.4 Å². The molecular weight excluding hydrogens is 474 g/mol. The highest BCUT2D eigenvalue weighted by atomic mass is 16.5. The molecule has 0 bridgehead atoms. The van der Waals surface area contributed by atoms with Gasteiger partial charge in [-0.3, -0.25) is 4.79 Å². The predicted molar refractivity (Wildman–Crippen MR) is 140 cm³/mol. The number of azide groups is 1. The maximum Gasteiger partial charge on any atom is 0.235 e. The first-order valence-corrected chi connectivity index (χ1v) is 11.9. The molecule has 0 aliphatic rings. The summed E-state index contributed by atoms with van der Waals surface area (Å²) in [6.45, 7) is 2.53. The highest BCUT2D eigenvalue weighted by Crippen LogP contribution is 2.32. The van der Waals surface area contributed by atoms with Gasteiger partial charge in [0.15, 0.2) is 5.76 Å². The highest BCUT2D eigenvalue weighted by Gasteiger charge is 2.18. The van der Waals surface area contributed by atoms with Gasteiger partial charge in [0, 0.05) is 17.0 Å². The van der Waals surface area contributed by atoms with Crippen LogP contribution in [0.1, 0.15) is 5.56 Å². The van der Waals surface area contributed by atoms with Crippen LogP contribution in [-0.4, -0.2) is 39.6 Å². The van der Waals surface area contributed by atoms with Crippen LogP contribution in [0.2, 0.25) is 0 Å². The first kappa shape index (κ1) is 25.8. The largest absolute Gasteiger partial charge is 0.491 e. The smallest absolute Gasteiger partial charge is 0.235 e. The summed E-state index contributed by atoms with van der Waals surface area (Å²) < 4.78 is 28.6. The summed E-state index contributed by atoms with van der Waals surface area (Å²) >= 11 is 0. The zero-order valence-electron chi connectivity index (χ0n) is 20.2. The number of fused-ring (bicyclic) bond motifs is 1. The highest BCUT2D eigenvalue weighted by molar-refractivity contribution is 5.82. The first-order valence-electron chi connectivity index (χ1n) is 11.9. The van der Waals surface area contributed by atoms with E-state index in [9.17, 15) is 4.79 Å². The van der Waals surface area contributed by atoms with E-state index in [4.69, 9.17) is 28.9 Å². The molecule has 1 aromatic heterocycles. The van der Waals surface area contributed by atoms with Gasteiger partial charge >= 0.3 is 0 Å². The van der Waals surface area contributed by atoms with E-state index in [0.29, 0.717) is 67.6 Å². The third-order valence-corrected chi connectivity index (χ3v) is 5.37. The van der Waals surface area contributed by atoms with E-state index < -0.39 is 0 Å². The second-order valence-corrected chi connectivity index (χ2v) is 7.91. The second-order valence-electron chi connectivity index (χ2n) is 7.91. The third-order valence-electron chi connectivity index (χ3n) is 5.37. The molecule has 0 saturated carbocycles. The van der Waals surface area contributed by atoms with Crippen LogP contribution in [0.5, 0.6) is 11.5 Å². The molecule has 4 aromatic rings. The Labute approximate surface area is 213 Å². The predicted octanol–water partition coefficient (Wildman–Crippen LogP) is 5.76. The van der Waals surface area contributed by atoms with Crippen molar-refractivity contribution < 1.29 is 23.4 Å². The van der Waals surface area contributed by atoms with E-state index in [1.54, 1.807) is 18.2 Å². The Hall–Kier alpha value is -4.30. The molecule has 0 fully saturated rings. The van der Waals surface area contributed by atoms with Crippen molar-refractivity contribution in [2.24, 2.45) is 5.11 Å². The Morgan fingerprint density at radius 2 is 1.49 bits per heavy atom. The lowest BCUT2D eigenvalue weighted by atomic mass is 10.1. The molecule has 37 heavy (non-hydrogen) atoms. The third kappa shape index (κ3) is 7.35. The topological polar surface area (TPSA) is 116 Å². The van der Waals surface area contributed by atoms with E-state index in [-0.39, 0.29) is 17.8 Å².